The van der Waals surface area contributed by atoms with Gasteiger partial charge in [-0.25, -0.2) is 4.98 Å². The van der Waals surface area contributed by atoms with E-state index in [1.165, 1.54) is 5.75 Å². The van der Waals surface area contributed by atoms with Gasteiger partial charge in [0.2, 0.25) is 0 Å². The van der Waals surface area contributed by atoms with E-state index in [1.54, 1.807) is 17.0 Å². The molecule has 4 rings (SSSR count). The zero-order valence-corrected chi connectivity index (χ0v) is 17.4. The average molecular weight is 421 g/mol. The summed E-state index contributed by atoms with van der Waals surface area (Å²) in [5.41, 5.74) is 3.10. The molecular formula is C24H24N2O3S. The summed E-state index contributed by atoms with van der Waals surface area (Å²) in [7, 11) is 0. The van der Waals surface area contributed by atoms with Crippen molar-refractivity contribution >= 4 is 11.8 Å². The van der Waals surface area contributed by atoms with Crippen molar-refractivity contribution in [1.82, 2.24) is 9.55 Å². The van der Waals surface area contributed by atoms with Gasteiger partial charge in [-0.15, -0.1) is 0 Å². The summed E-state index contributed by atoms with van der Waals surface area (Å²) in [5, 5.41) is 19.0. The number of aliphatic hydroxyl groups is 2. The highest BCUT2D eigenvalue weighted by molar-refractivity contribution is 7.99. The van der Waals surface area contributed by atoms with Crippen molar-refractivity contribution in [2.45, 2.75) is 25.2 Å². The maximum Gasteiger partial charge on any atom is 0.135 e. The summed E-state index contributed by atoms with van der Waals surface area (Å²) in [6, 6.07) is 15.8. The molecule has 1 aliphatic rings. The standard InChI is InChI=1S/C24H24N2O3S/c27-15-21(26-13-12-25-24(26)16-28)8-3-18-1-4-19(5-2-18)20-6-9-22(10-7-20)29-23-11-14-30-17-23/h1-2,4-7,9-10,12-13,21,23,27-28H,11,14-17H2. The SMILES string of the molecule is OCc1nccn1C(C#Cc1ccc(-c2ccc(OC3CCSC3)cc2)cc1)CO. The Morgan fingerprint density at radius 2 is 1.83 bits per heavy atom. The number of thioether (sulfide) groups is 1. The van der Waals surface area contributed by atoms with Crippen LogP contribution in [-0.4, -0.2) is 44.0 Å². The highest BCUT2D eigenvalue weighted by Gasteiger charge is 2.16. The van der Waals surface area contributed by atoms with Gasteiger partial charge in [-0.2, -0.15) is 11.8 Å². The van der Waals surface area contributed by atoms with E-state index in [0.717, 1.165) is 34.6 Å². The first-order valence-corrected chi connectivity index (χ1v) is 11.1. The van der Waals surface area contributed by atoms with E-state index in [2.05, 4.69) is 29.0 Å². The quantitative estimate of drug-likeness (QED) is 0.598. The molecule has 0 radical (unpaired) electrons. The van der Waals surface area contributed by atoms with E-state index in [9.17, 15) is 10.2 Å². The second-order valence-electron chi connectivity index (χ2n) is 7.08. The minimum Gasteiger partial charge on any atom is -0.490 e. The van der Waals surface area contributed by atoms with Crippen molar-refractivity contribution in [2.24, 2.45) is 0 Å². The smallest absolute Gasteiger partial charge is 0.135 e. The highest BCUT2D eigenvalue weighted by Crippen LogP contribution is 2.26. The minimum absolute atomic E-state index is 0.150. The summed E-state index contributed by atoms with van der Waals surface area (Å²) in [6.07, 6.45) is 4.75. The van der Waals surface area contributed by atoms with Crippen LogP contribution in [0.5, 0.6) is 5.75 Å². The molecule has 154 valence electrons. The molecule has 0 spiro atoms. The zero-order valence-electron chi connectivity index (χ0n) is 16.6. The van der Waals surface area contributed by atoms with Gasteiger partial charge in [0.25, 0.3) is 0 Å². The van der Waals surface area contributed by atoms with E-state index in [0.29, 0.717) is 11.9 Å². The molecule has 1 fully saturated rings. The molecule has 2 atom stereocenters. The summed E-state index contributed by atoms with van der Waals surface area (Å²) < 4.78 is 7.71. The van der Waals surface area contributed by atoms with Crippen LogP contribution in [0.25, 0.3) is 11.1 Å². The lowest BCUT2D eigenvalue weighted by Gasteiger charge is -2.12. The van der Waals surface area contributed by atoms with Gasteiger partial charge in [-0.1, -0.05) is 36.1 Å². The van der Waals surface area contributed by atoms with Crippen molar-refractivity contribution in [3.63, 3.8) is 0 Å². The highest BCUT2D eigenvalue weighted by atomic mass is 32.2. The van der Waals surface area contributed by atoms with E-state index in [1.807, 2.05) is 48.2 Å². The molecule has 1 saturated heterocycles. The normalized spacial score (nSPS) is 16.7. The molecule has 1 aromatic heterocycles. The first-order valence-electron chi connectivity index (χ1n) is 9.96. The van der Waals surface area contributed by atoms with E-state index < -0.39 is 6.04 Å². The molecule has 1 aliphatic heterocycles. The predicted octanol–water partition coefficient (Wildman–Crippen LogP) is 3.51. The first kappa shape index (κ1) is 20.5. The Morgan fingerprint density at radius 1 is 1.10 bits per heavy atom. The summed E-state index contributed by atoms with van der Waals surface area (Å²) in [5.74, 6) is 9.82. The third-order valence-electron chi connectivity index (χ3n) is 5.05. The number of hydrogen-bond donors (Lipinski definition) is 2. The number of nitrogens with zero attached hydrogens (tertiary/aromatic N) is 2. The van der Waals surface area contributed by atoms with Crippen LogP contribution in [0.4, 0.5) is 0 Å². The molecule has 6 heteroatoms. The number of rotatable bonds is 6. The molecule has 0 amide bonds. The number of ether oxygens (including phenoxy) is 1. The Kier molecular flexibility index (Phi) is 6.75. The first-order chi connectivity index (χ1) is 14.8. The molecule has 0 aliphatic carbocycles. The van der Waals surface area contributed by atoms with Gasteiger partial charge in [0.05, 0.1) is 6.61 Å². The van der Waals surface area contributed by atoms with Crippen LogP contribution in [0, 0.1) is 11.8 Å². The summed E-state index contributed by atoms with van der Waals surface area (Å²) in [4.78, 5) is 4.06. The van der Waals surface area contributed by atoms with Gasteiger partial charge in [0, 0.05) is 23.7 Å². The number of benzene rings is 2. The van der Waals surface area contributed by atoms with E-state index in [-0.39, 0.29) is 13.2 Å². The average Bonchev–Trinajstić information content (AvgIpc) is 3.47. The fourth-order valence-corrected chi connectivity index (χ4v) is 4.48. The molecule has 2 heterocycles. The summed E-state index contributed by atoms with van der Waals surface area (Å²) >= 11 is 1.95. The Bertz CT molecular complexity index is 1010. The lowest BCUT2D eigenvalue weighted by Crippen LogP contribution is -2.14. The minimum atomic E-state index is -0.444. The third-order valence-corrected chi connectivity index (χ3v) is 6.18. The van der Waals surface area contributed by atoms with Gasteiger partial charge < -0.3 is 19.5 Å². The number of aromatic nitrogens is 2. The Hall–Kier alpha value is -2.72. The van der Waals surface area contributed by atoms with Crippen LogP contribution >= 0.6 is 11.8 Å². The maximum atomic E-state index is 9.66. The molecular weight excluding hydrogens is 396 g/mol. The Labute approximate surface area is 180 Å². The molecule has 2 aromatic carbocycles. The fourth-order valence-electron chi connectivity index (χ4n) is 3.39. The third kappa shape index (κ3) is 4.88. The van der Waals surface area contributed by atoms with Crippen molar-refractivity contribution in [1.29, 1.82) is 0 Å². The number of imidazole rings is 1. The maximum absolute atomic E-state index is 9.66. The molecule has 0 saturated carbocycles. The van der Waals surface area contributed by atoms with Crippen molar-refractivity contribution in [3.05, 3.63) is 72.3 Å². The van der Waals surface area contributed by atoms with Crippen molar-refractivity contribution in [2.75, 3.05) is 18.1 Å². The van der Waals surface area contributed by atoms with Crippen LogP contribution in [0.2, 0.25) is 0 Å². The van der Waals surface area contributed by atoms with Crippen LogP contribution in [0.15, 0.2) is 60.9 Å². The lowest BCUT2D eigenvalue weighted by atomic mass is 10.0. The molecule has 30 heavy (non-hydrogen) atoms. The molecule has 5 nitrogen and oxygen atoms in total. The van der Waals surface area contributed by atoms with Gasteiger partial charge in [0.15, 0.2) is 0 Å². The predicted molar refractivity (Wildman–Crippen MR) is 119 cm³/mol. The topological polar surface area (TPSA) is 67.5 Å². The summed E-state index contributed by atoms with van der Waals surface area (Å²) in [6.45, 7) is -0.342. The molecule has 3 aromatic rings. The van der Waals surface area contributed by atoms with Crippen molar-refractivity contribution < 1.29 is 14.9 Å². The fraction of sp³-hybridized carbons (Fsp3) is 0.292. The molecule has 0 bridgehead atoms. The molecule has 2 N–H and O–H groups in total. The van der Waals surface area contributed by atoms with Crippen LogP contribution < -0.4 is 4.74 Å². The second kappa shape index (κ2) is 9.86. The second-order valence-corrected chi connectivity index (χ2v) is 8.23. The molecule has 2 unspecified atom stereocenters. The van der Waals surface area contributed by atoms with Gasteiger partial charge in [-0.3, -0.25) is 0 Å². The lowest BCUT2D eigenvalue weighted by molar-refractivity contribution is 0.229. The Morgan fingerprint density at radius 3 is 2.47 bits per heavy atom. The van der Waals surface area contributed by atoms with Crippen LogP contribution in [0.3, 0.4) is 0 Å². The van der Waals surface area contributed by atoms with E-state index >= 15 is 0 Å². The monoisotopic (exact) mass is 420 g/mol. The van der Waals surface area contributed by atoms with Crippen LogP contribution in [0.1, 0.15) is 23.9 Å². The van der Waals surface area contributed by atoms with Crippen molar-refractivity contribution in [3.8, 4) is 28.7 Å². The van der Waals surface area contributed by atoms with Gasteiger partial charge in [-0.05, 0) is 47.6 Å². The number of aliphatic hydroxyl groups excluding tert-OH is 2. The van der Waals surface area contributed by atoms with Gasteiger partial charge in [0.1, 0.15) is 30.3 Å². The largest absolute Gasteiger partial charge is 0.490 e. The zero-order chi connectivity index (χ0) is 20.8. The van der Waals surface area contributed by atoms with Crippen LogP contribution in [-0.2, 0) is 6.61 Å². The number of hydrogen-bond acceptors (Lipinski definition) is 5. The van der Waals surface area contributed by atoms with E-state index in [4.69, 9.17) is 4.74 Å². The van der Waals surface area contributed by atoms with Gasteiger partial charge >= 0.3 is 0 Å². The Balaban J connectivity index is 1.43.